The minimum atomic E-state index is -0.0194. The SMILES string of the molecule is Cc1cc(NC(=O)CCN2CCCC2c2ccc(C)c(C)c2)no1. The summed E-state index contributed by atoms with van der Waals surface area (Å²) in [5, 5.41) is 6.58. The molecule has 1 aliphatic heterocycles. The number of carbonyl (C=O) groups is 1. The molecule has 1 saturated heterocycles. The second-order valence-electron chi connectivity index (χ2n) is 6.66. The van der Waals surface area contributed by atoms with E-state index in [4.69, 9.17) is 4.52 Å². The van der Waals surface area contributed by atoms with Gasteiger partial charge in [0, 0.05) is 25.1 Å². The van der Waals surface area contributed by atoms with Crippen LogP contribution in [0.3, 0.4) is 0 Å². The number of nitrogens with zero attached hydrogens (tertiary/aromatic N) is 2. The van der Waals surface area contributed by atoms with Crippen LogP contribution in [-0.2, 0) is 4.79 Å². The first kappa shape index (κ1) is 16.7. The Labute approximate surface area is 143 Å². The second-order valence-corrected chi connectivity index (χ2v) is 6.66. The monoisotopic (exact) mass is 327 g/mol. The van der Waals surface area contributed by atoms with Crippen LogP contribution < -0.4 is 5.32 Å². The van der Waals surface area contributed by atoms with Gasteiger partial charge in [0.25, 0.3) is 0 Å². The van der Waals surface area contributed by atoms with Crippen molar-refractivity contribution in [1.82, 2.24) is 10.1 Å². The summed E-state index contributed by atoms with van der Waals surface area (Å²) in [7, 11) is 0. The van der Waals surface area contributed by atoms with E-state index in [1.54, 1.807) is 13.0 Å². The van der Waals surface area contributed by atoms with E-state index in [0.717, 1.165) is 19.5 Å². The van der Waals surface area contributed by atoms with Crippen molar-refractivity contribution in [3.63, 3.8) is 0 Å². The second kappa shape index (κ2) is 7.18. The van der Waals surface area contributed by atoms with Gasteiger partial charge in [-0.05, 0) is 56.8 Å². The molecule has 128 valence electrons. The highest BCUT2D eigenvalue weighted by Gasteiger charge is 2.26. The minimum Gasteiger partial charge on any atom is -0.360 e. The summed E-state index contributed by atoms with van der Waals surface area (Å²) in [5.74, 6) is 1.17. The van der Waals surface area contributed by atoms with Gasteiger partial charge in [0.1, 0.15) is 5.76 Å². The Morgan fingerprint density at radius 3 is 2.83 bits per heavy atom. The zero-order valence-corrected chi connectivity index (χ0v) is 14.6. The molecule has 5 nitrogen and oxygen atoms in total. The highest BCUT2D eigenvalue weighted by Crippen LogP contribution is 2.32. The fourth-order valence-electron chi connectivity index (χ4n) is 3.32. The number of rotatable bonds is 5. The zero-order valence-electron chi connectivity index (χ0n) is 14.6. The van der Waals surface area contributed by atoms with Crippen LogP contribution in [0.4, 0.5) is 5.82 Å². The molecule has 1 unspecified atom stereocenters. The molecule has 0 saturated carbocycles. The van der Waals surface area contributed by atoms with Gasteiger partial charge in [0.15, 0.2) is 5.82 Å². The Kier molecular flexibility index (Phi) is 5.00. The van der Waals surface area contributed by atoms with Gasteiger partial charge in [-0.15, -0.1) is 0 Å². The molecule has 1 aliphatic rings. The van der Waals surface area contributed by atoms with E-state index in [2.05, 4.69) is 47.4 Å². The third-order valence-electron chi connectivity index (χ3n) is 4.80. The summed E-state index contributed by atoms with van der Waals surface area (Å²) in [6, 6.07) is 8.86. The number of carbonyl (C=O) groups excluding carboxylic acids is 1. The van der Waals surface area contributed by atoms with Gasteiger partial charge in [0.2, 0.25) is 5.91 Å². The van der Waals surface area contributed by atoms with Gasteiger partial charge in [0.05, 0.1) is 0 Å². The third kappa shape index (κ3) is 3.85. The number of hydrogen-bond acceptors (Lipinski definition) is 4. The molecule has 2 aromatic rings. The number of anilines is 1. The number of amides is 1. The predicted molar refractivity (Wildman–Crippen MR) is 94.0 cm³/mol. The molecule has 1 atom stereocenters. The Balaban J connectivity index is 1.57. The fraction of sp³-hybridized carbons (Fsp3) is 0.474. The molecule has 0 bridgehead atoms. The smallest absolute Gasteiger partial charge is 0.226 e. The topological polar surface area (TPSA) is 58.4 Å². The summed E-state index contributed by atoms with van der Waals surface area (Å²) in [6.07, 6.45) is 2.81. The fourth-order valence-corrected chi connectivity index (χ4v) is 3.32. The van der Waals surface area contributed by atoms with Crippen LogP contribution in [0, 0.1) is 20.8 Å². The van der Waals surface area contributed by atoms with E-state index >= 15 is 0 Å². The van der Waals surface area contributed by atoms with Crippen LogP contribution in [0.5, 0.6) is 0 Å². The van der Waals surface area contributed by atoms with Crippen LogP contribution in [0.1, 0.15) is 47.8 Å². The molecule has 0 aliphatic carbocycles. The van der Waals surface area contributed by atoms with Crippen molar-refractivity contribution in [3.8, 4) is 0 Å². The van der Waals surface area contributed by atoms with E-state index in [0.29, 0.717) is 24.0 Å². The summed E-state index contributed by atoms with van der Waals surface area (Å²) in [6.45, 7) is 7.92. The quantitative estimate of drug-likeness (QED) is 0.908. The van der Waals surface area contributed by atoms with Gasteiger partial charge >= 0.3 is 0 Å². The molecule has 0 radical (unpaired) electrons. The van der Waals surface area contributed by atoms with Crippen LogP contribution in [0.2, 0.25) is 0 Å². The third-order valence-corrected chi connectivity index (χ3v) is 4.80. The molecule has 1 fully saturated rings. The molecule has 0 spiro atoms. The van der Waals surface area contributed by atoms with Gasteiger partial charge in [-0.2, -0.15) is 0 Å². The highest BCUT2D eigenvalue weighted by atomic mass is 16.5. The first-order chi connectivity index (χ1) is 11.5. The minimum absolute atomic E-state index is 0.0194. The van der Waals surface area contributed by atoms with Crippen LogP contribution in [0.25, 0.3) is 0 Å². The molecule has 24 heavy (non-hydrogen) atoms. The number of benzene rings is 1. The van der Waals surface area contributed by atoms with Crippen molar-refractivity contribution in [2.75, 3.05) is 18.4 Å². The molecule has 1 N–H and O–H groups in total. The van der Waals surface area contributed by atoms with Gasteiger partial charge in [-0.25, -0.2) is 0 Å². The molecular weight excluding hydrogens is 302 g/mol. The largest absolute Gasteiger partial charge is 0.360 e. The maximum absolute atomic E-state index is 12.1. The number of likely N-dealkylation sites (tertiary alicyclic amines) is 1. The molecule has 3 rings (SSSR count). The normalized spacial score (nSPS) is 18.0. The summed E-state index contributed by atoms with van der Waals surface area (Å²) >= 11 is 0. The molecule has 5 heteroatoms. The standard InChI is InChI=1S/C19H25N3O2/c1-13-6-7-16(11-14(13)2)17-5-4-9-22(17)10-8-19(23)20-18-12-15(3)24-21-18/h6-7,11-12,17H,4-5,8-10H2,1-3H3,(H,20,21,23). The van der Waals surface area contributed by atoms with Gasteiger partial charge < -0.3 is 9.84 Å². The average Bonchev–Trinajstić information content (AvgIpc) is 3.17. The number of hydrogen-bond donors (Lipinski definition) is 1. The van der Waals surface area contributed by atoms with Gasteiger partial charge in [-0.1, -0.05) is 23.4 Å². The highest BCUT2D eigenvalue weighted by molar-refractivity contribution is 5.89. The van der Waals surface area contributed by atoms with Gasteiger partial charge in [-0.3, -0.25) is 9.69 Å². The maximum atomic E-state index is 12.1. The van der Waals surface area contributed by atoms with Crippen molar-refractivity contribution >= 4 is 11.7 Å². The molecule has 2 heterocycles. The lowest BCUT2D eigenvalue weighted by Crippen LogP contribution is -2.27. The molecule has 1 aromatic carbocycles. The first-order valence-corrected chi connectivity index (χ1v) is 8.57. The van der Waals surface area contributed by atoms with E-state index in [1.165, 1.54) is 23.1 Å². The number of nitrogens with one attached hydrogen (secondary N) is 1. The molecular formula is C19H25N3O2. The Morgan fingerprint density at radius 1 is 1.29 bits per heavy atom. The lowest BCUT2D eigenvalue weighted by atomic mass is 9.99. The average molecular weight is 327 g/mol. The van der Waals surface area contributed by atoms with E-state index in [9.17, 15) is 4.79 Å². The van der Waals surface area contributed by atoms with Crippen LogP contribution in [0.15, 0.2) is 28.8 Å². The lowest BCUT2D eigenvalue weighted by molar-refractivity contribution is -0.116. The maximum Gasteiger partial charge on any atom is 0.226 e. The van der Waals surface area contributed by atoms with Crippen molar-refractivity contribution in [2.45, 2.75) is 46.1 Å². The summed E-state index contributed by atoms with van der Waals surface area (Å²) in [5.41, 5.74) is 4.02. The van der Waals surface area contributed by atoms with Crippen molar-refractivity contribution in [1.29, 1.82) is 0 Å². The number of aromatic nitrogens is 1. The lowest BCUT2D eigenvalue weighted by Gasteiger charge is -2.25. The summed E-state index contributed by atoms with van der Waals surface area (Å²) < 4.78 is 4.96. The Hall–Kier alpha value is -2.14. The van der Waals surface area contributed by atoms with E-state index in [-0.39, 0.29) is 5.91 Å². The summed E-state index contributed by atoms with van der Waals surface area (Å²) in [4.78, 5) is 14.5. The zero-order chi connectivity index (χ0) is 17.1. The molecule has 1 amide bonds. The Bertz CT molecular complexity index is 723. The van der Waals surface area contributed by atoms with Crippen LogP contribution >= 0.6 is 0 Å². The van der Waals surface area contributed by atoms with Crippen LogP contribution in [-0.4, -0.2) is 29.1 Å². The first-order valence-electron chi connectivity index (χ1n) is 8.57. The van der Waals surface area contributed by atoms with Crippen molar-refractivity contribution < 1.29 is 9.32 Å². The molecule has 1 aromatic heterocycles. The van der Waals surface area contributed by atoms with E-state index < -0.39 is 0 Å². The Morgan fingerprint density at radius 2 is 2.12 bits per heavy atom. The van der Waals surface area contributed by atoms with Crippen molar-refractivity contribution in [3.05, 3.63) is 46.7 Å². The van der Waals surface area contributed by atoms with Crippen molar-refractivity contribution in [2.24, 2.45) is 0 Å². The number of aryl methyl sites for hydroxylation is 3. The van der Waals surface area contributed by atoms with E-state index in [1.807, 2.05) is 0 Å². The predicted octanol–water partition coefficient (Wildman–Crippen LogP) is 3.77.